The van der Waals surface area contributed by atoms with Gasteiger partial charge in [0.2, 0.25) is 0 Å². The molecule has 0 aromatic heterocycles. The molecule has 0 saturated carbocycles. The highest BCUT2D eigenvalue weighted by Crippen LogP contribution is 2.27. The summed E-state index contributed by atoms with van der Waals surface area (Å²) in [6, 6.07) is 5.49. The minimum Gasteiger partial charge on any atom is -0.444 e. The van der Waals surface area contributed by atoms with Crippen molar-refractivity contribution < 1.29 is 9.53 Å². The fourth-order valence-electron chi connectivity index (χ4n) is 2.27. The molecule has 0 bridgehead atoms. The molecule has 0 aliphatic carbocycles. The van der Waals surface area contributed by atoms with Crippen molar-refractivity contribution in [3.8, 4) is 0 Å². The topological polar surface area (TPSA) is 58.8 Å². The van der Waals surface area contributed by atoms with Crippen molar-refractivity contribution in [3.05, 3.63) is 23.2 Å². The van der Waals surface area contributed by atoms with Crippen LogP contribution < -0.4 is 10.6 Å². The third-order valence-electron chi connectivity index (χ3n) is 3.26. The van der Waals surface area contributed by atoms with Gasteiger partial charge in [-0.2, -0.15) is 0 Å². The number of hydrogen-bond acceptors (Lipinski definition) is 4. The van der Waals surface area contributed by atoms with Crippen LogP contribution >= 0.6 is 11.6 Å². The van der Waals surface area contributed by atoms with Gasteiger partial charge < -0.3 is 20.3 Å². The van der Waals surface area contributed by atoms with Gasteiger partial charge in [0.05, 0.1) is 11.4 Å². The molecule has 5 nitrogen and oxygen atoms in total. The van der Waals surface area contributed by atoms with Crippen LogP contribution in [0, 0.1) is 0 Å². The number of carbonyl (C=O) groups is 1. The number of nitrogens with zero attached hydrogens (tertiary/aromatic N) is 2. The first-order chi connectivity index (χ1) is 9.76. The zero-order valence-corrected chi connectivity index (χ0v) is 13.5. The van der Waals surface area contributed by atoms with Crippen LogP contribution in [0.2, 0.25) is 5.02 Å². The molecular weight excluding hydrogens is 290 g/mol. The highest BCUT2D eigenvalue weighted by molar-refractivity contribution is 6.31. The number of nitrogen functional groups attached to an aromatic ring is 1. The van der Waals surface area contributed by atoms with Crippen molar-refractivity contribution in [2.45, 2.75) is 26.4 Å². The molecule has 0 radical (unpaired) electrons. The molecule has 2 N–H and O–H groups in total. The van der Waals surface area contributed by atoms with Crippen LogP contribution in [-0.2, 0) is 4.74 Å². The maximum atomic E-state index is 12.0. The van der Waals surface area contributed by atoms with E-state index in [9.17, 15) is 4.79 Å². The van der Waals surface area contributed by atoms with Crippen LogP contribution in [-0.4, -0.2) is 42.8 Å². The summed E-state index contributed by atoms with van der Waals surface area (Å²) in [7, 11) is 0. The summed E-state index contributed by atoms with van der Waals surface area (Å²) in [6.07, 6.45) is -0.258. The molecule has 1 saturated heterocycles. The number of carbonyl (C=O) groups excluding carboxylic acids is 1. The fraction of sp³-hybridized carbons (Fsp3) is 0.533. The minimum absolute atomic E-state index is 0.258. The summed E-state index contributed by atoms with van der Waals surface area (Å²) >= 11 is 5.91. The van der Waals surface area contributed by atoms with E-state index in [-0.39, 0.29) is 6.09 Å². The molecule has 21 heavy (non-hydrogen) atoms. The summed E-state index contributed by atoms with van der Waals surface area (Å²) in [4.78, 5) is 15.9. The van der Waals surface area contributed by atoms with E-state index in [0.29, 0.717) is 23.8 Å². The average Bonchev–Trinajstić information content (AvgIpc) is 2.37. The highest BCUT2D eigenvalue weighted by Gasteiger charge is 2.26. The standard InChI is InChI=1S/C15H22ClN3O2/c1-15(2,3)21-14(20)19-8-6-18(7-9-19)13-5-4-11(16)10-12(13)17/h4-5,10H,6-9,17H2,1-3H3. The Labute approximate surface area is 130 Å². The second-order valence-corrected chi connectivity index (χ2v) is 6.59. The number of nitrogens with two attached hydrogens (primary N) is 1. The van der Waals surface area contributed by atoms with E-state index in [0.717, 1.165) is 18.8 Å². The first kappa shape index (κ1) is 15.8. The summed E-state index contributed by atoms with van der Waals surface area (Å²) in [5, 5.41) is 0.628. The molecule has 0 unspecified atom stereocenters. The number of amides is 1. The Morgan fingerprint density at radius 3 is 2.38 bits per heavy atom. The van der Waals surface area contributed by atoms with Gasteiger partial charge in [-0.15, -0.1) is 0 Å². The summed E-state index contributed by atoms with van der Waals surface area (Å²) in [5.74, 6) is 0. The van der Waals surface area contributed by atoms with E-state index in [1.165, 1.54) is 0 Å². The fourth-order valence-corrected chi connectivity index (χ4v) is 2.45. The van der Waals surface area contributed by atoms with Crippen LogP contribution in [0.25, 0.3) is 0 Å². The second-order valence-electron chi connectivity index (χ2n) is 6.16. The Kier molecular flexibility index (Phi) is 4.52. The summed E-state index contributed by atoms with van der Waals surface area (Å²) in [6.45, 7) is 8.31. The largest absolute Gasteiger partial charge is 0.444 e. The maximum Gasteiger partial charge on any atom is 0.410 e. The van der Waals surface area contributed by atoms with Crippen molar-refractivity contribution >= 4 is 29.1 Å². The average molecular weight is 312 g/mol. The molecule has 1 aromatic carbocycles. The lowest BCUT2D eigenvalue weighted by atomic mass is 10.2. The molecule has 2 rings (SSSR count). The molecule has 116 valence electrons. The number of ether oxygens (including phenoxy) is 1. The minimum atomic E-state index is -0.463. The lowest BCUT2D eigenvalue weighted by Gasteiger charge is -2.37. The van der Waals surface area contributed by atoms with Gasteiger partial charge in [-0.3, -0.25) is 0 Å². The predicted molar refractivity (Wildman–Crippen MR) is 85.9 cm³/mol. The molecule has 0 atom stereocenters. The van der Waals surface area contributed by atoms with E-state index < -0.39 is 5.60 Å². The second kappa shape index (κ2) is 6.02. The van der Waals surface area contributed by atoms with Gasteiger partial charge in [0, 0.05) is 31.2 Å². The Morgan fingerprint density at radius 2 is 1.86 bits per heavy atom. The molecule has 1 heterocycles. The quantitative estimate of drug-likeness (QED) is 0.810. The van der Waals surface area contributed by atoms with Gasteiger partial charge >= 0.3 is 6.09 Å². The van der Waals surface area contributed by atoms with Crippen molar-refractivity contribution in [1.82, 2.24) is 4.90 Å². The van der Waals surface area contributed by atoms with E-state index in [4.69, 9.17) is 22.1 Å². The first-order valence-electron chi connectivity index (χ1n) is 7.04. The smallest absolute Gasteiger partial charge is 0.410 e. The van der Waals surface area contributed by atoms with Crippen molar-refractivity contribution in [2.75, 3.05) is 36.8 Å². The van der Waals surface area contributed by atoms with Gasteiger partial charge in [0.1, 0.15) is 5.60 Å². The third-order valence-corrected chi connectivity index (χ3v) is 3.50. The number of anilines is 2. The Hall–Kier alpha value is -1.62. The molecule has 1 aliphatic heterocycles. The Balaban J connectivity index is 1.95. The first-order valence-corrected chi connectivity index (χ1v) is 7.42. The number of rotatable bonds is 1. The molecule has 6 heteroatoms. The van der Waals surface area contributed by atoms with Gasteiger partial charge in [0.15, 0.2) is 0 Å². The van der Waals surface area contributed by atoms with Crippen LogP contribution in [0.4, 0.5) is 16.2 Å². The van der Waals surface area contributed by atoms with Gasteiger partial charge in [-0.05, 0) is 39.0 Å². The molecule has 1 aromatic rings. The summed E-state index contributed by atoms with van der Waals surface area (Å²) in [5.41, 5.74) is 7.16. The maximum absolute atomic E-state index is 12.0. The molecule has 0 spiro atoms. The van der Waals surface area contributed by atoms with Gasteiger partial charge in [0.25, 0.3) is 0 Å². The molecule has 1 aliphatic rings. The van der Waals surface area contributed by atoms with Crippen molar-refractivity contribution in [2.24, 2.45) is 0 Å². The normalized spacial score (nSPS) is 16.0. The molecule has 1 amide bonds. The van der Waals surface area contributed by atoms with E-state index in [1.54, 1.807) is 11.0 Å². The van der Waals surface area contributed by atoms with Crippen LogP contribution in [0.15, 0.2) is 18.2 Å². The predicted octanol–water partition coefficient (Wildman–Crippen LogP) is 2.98. The van der Waals surface area contributed by atoms with E-state index in [2.05, 4.69) is 4.90 Å². The van der Waals surface area contributed by atoms with Crippen LogP contribution in [0.5, 0.6) is 0 Å². The third kappa shape index (κ3) is 4.17. The van der Waals surface area contributed by atoms with E-state index in [1.807, 2.05) is 32.9 Å². The zero-order valence-electron chi connectivity index (χ0n) is 12.7. The van der Waals surface area contributed by atoms with Gasteiger partial charge in [-0.1, -0.05) is 11.6 Å². The van der Waals surface area contributed by atoms with Crippen molar-refractivity contribution in [3.63, 3.8) is 0 Å². The highest BCUT2D eigenvalue weighted by atomic mass is 35.5. The number of halogens is 1. The summed E-state index contributed by atoms with van der Waals surface area (Å²) < 4.78 is 5.38. The van der Waals surface area contributed by atoms with Crippen LogP contribution in [0.1, 0.15) is 20.8 Å². The number of benzene rings is 1. The number of hydrogen-bond donors (Lipinski definition) is 1. The van der Waals surface area contributed by atoms with Gasteiger partial charge in [-0.25, -0.2) is 4.79 Å². The zero-order chi connectivity index (χ0) is 15.6. The monoisotopic (exact) mass is 311 g/mol. The molecule has 1 fully saturated rings. The Morgan fingerprint density at radius 1 is 1.24 bits per heavy atom. The van der Waals surface area contributed by atoms with E-state index >= 15 is 0 Å². The lowest BCUT2D eigenvalue weighted by Crippen LogP contribution is -2.50. The Bertz CT molecular complexity index is 520. The van der Waals surface area contributed by atoms with Crippen molar-refractivity contribution in [1.29, 1.82) is 0 Å². The SMILES string of the molecule is CC(C)(C)OC(=O)N1CCN(c2ccc(Cl)cc2N)CC1. The number of piperazine rings is 1. The van der Waals surface area contributed by atoms with Crippen LogP contribution in [0.3, 0.4) is 0 Å². The molecular formula is C15H22ClN3O2. The lowest BCUT2D eigenvalue weighted by molar-refractivity contribution is 0.0240.